The molecule has 0 nitrogen and oxygen atoms in total. The first-order valence-corrected chi connectivity index (χ1v) is 4.72. The molecule has 0 radical (unpaired) electrons. The zero-order valence-electron chi connectivity index (χ0n) is 9.22. The van der Waals surface area contributed by atoms with E-state index in [4.69, 9.17) is 2.74 Å². The van der Waals surface area contributed by atoms with Crippen LogP contribution in [0.3, 0.4) is 0 Å². The Balaban J connectivity index is 2.07. The van der Waals surface area contributed by atoms with Gasteiger partial charge in [0.2, 0.25) is 0 Å². The van der Waals surface area contributed by atoms with E-state index in [1.54, 1.807) is 6.92 Å². The molecule has 0 N–H and O–H groups in total. The number of fused-ring (bicyclic) bond motifs is 2. The maximum Gasteiger partial charge on any atom is 0.0267 e. The average molecular weight is 152 g/mol. The van der Waals surface area contributed by atoms with Crippen molar-refractivity contribution in [2.24, 2.45) is 17.8 Å². The molecule has 62 valence electrons. The van der Waals surface area contributed by atoms with E-state index in [2.05, 4.69) is 12.2 Å². The molecule has 3 atom stereocenters. The van der Waals surface area contributed by atoms with E-state index >= 15 is 0 Å². The summed E-state index contributed by atoms with van der Waals surface area (Å²) < 4.78 is 15.5. The van der Waals surface area contributed by atoms with Crippen LogP contribution in [0.4, 0.5) is 0 Å². The van der Waals surface area contributed by atoms with Gasteiger partial charge in [-0.15, -0.1) is 0 Å². The molecule has 0 aromatic carbocycles. The van der Waals surface area contributed by atoms with Crippen LogP contribution in [0.1, 0.15) is 41.7 Å². The molecular weight excluding hydrogens is 132 g/mol. The maximum absolute atomic E-state index is 7.75. The van der Waals surface area contributed by atoms with Crippen molar-refractivity contribution in [2.45, 2.75) is 39.0 Å². The highest BCUT2D eigenvalue weighted by atomic mass is 14.3. The molecule has 0 amide bonds. The van der Waals surface area contributed by atoms with Crippen molar-refractivity contribution in [3.8, 4) is 0 Å². The van der Waals surface area contributed by atoms with E-state index < -0.39 is 6.37 Å². The summed E-state index contributed by atoms with van der Waals surface area (Å²) in [5.41, 5.74) is 0. The van der Waals surface area contributed by atoms with Gasteiger partial charge < -0.3 is 0 Å². The molecule has 2 aliphatic rings. The van der Waals surface area contributed by atoms with Crippen molar-refractivity contribution in [2.75, 3.05) is 0 Å². The first kappa shape index (κ1) is 5.40. The first-order chi connectivity index (χ1) is 6.05. The third kappa shape index (κ3) is 1.50. The van der Waals surface area contributed by atoms with Crippen LogP contribution < -0.4 is 0 Å². The fourth-order valence-corrected chi connectivity index (χ4v) is 2.53. The van der Waals surface area contributed by atoms with Gasteiger partial charge in [0.15, 0.2) is 0 Å². The molecule has 2 rings (SSSR count). The third-order valence-electron chi connectivity index (χ3n) is 3.13. The standard InChI is InChI=1S/C11H18/c1-2-9-6-10-4-3-5-11(7-9)8-10/h3-4,9-11H,2,5-8H2,1H3/i2D2. The maximum atomic E-state index is 7.75. The van der Waals surface area contributed by atoms with Crippen molar-refractivity contribution < 1.29 is 2.74 Å². The minimum Gasteiger partial charge on any atom is -0.0880 e. The zero-order valence-corrected chi connectivity index (χ0v) is 7.22. The van der Waals surface area contributed by atoms with Gasteiger partial charge in [0.25, 0.3) is 0 Å². The monoisotopic (exact) mass is 152 g/mol. The van der Waals surface area contributed by atoms with Crippen LogP contribution in [0.15, 0.2) is 12.2 Å². The van der Waals surface area contributed by atoms with Gasteiger partial charge in [-0.3, -0.25) is 0 Å². The third-order valence-corrected chi connectivity index (χ3v) is 3.13. The summed E-state index contributed by atoms with van der Waals surface area (Å²) in [4.78, 5) is 0. The van der Waals surface area contributed by atoms with Gasteiger partial charge in [0.1, 0.15) is 0 Å². The van der Waals surface area contributed by atoms with Crippen LogP contribution in [0.5, 0.6) is 0 Å². The van der Waals surface area contributed by atoms with Crippen LogP contribution in [0.25, 0.3) is 0 Å². The summed E-state index contributed by atoms with van der Waals surface area (Å²) in [5, 5.41) is 0. The summed E-state index contributed by atoms with van der Waals surface area (Å²) in [7, 11) is 0. The molecule has 0 heterocycles. The smallest absolute Gasteiger partial charge is 0.0267 e. The van der Waals surface area contributed by atoms with Gasteiger partial charge in [-0.25, -0.2) is 0 Å². The number of rotatable bonds is 1. The summed E-state index contributed by atoms with van der Waals surface area (Å²) >= 11 is 0. The lowest BCUT2D eigenvalue weighted by Gasteiger charge is -2.35. The quantitative estimate of drug-likeness (QED) is 0.505. The summed E-state index contributed by atoms with van der Waals surface area (Å²) in [6.07, 6.45) is 8.28. The predicted octanol–water partition coefficient (Wildman–Crippen LogP) is 3.39. The molecule has 3 unspecified atom stereocenters. The lowest BCUT2D eigenvalue weighted by Crippen LogP contribution is -2.23. The summed E-state index contributed by atoms with van der Waals surface area (Å²) in [6.45, 7) is 1.74. The SMILES string of the molecule is [2H]C([2H])(C)C1CC2C=CCC(C2)C1. The molecule has 0 spiro atoms. The second-order valence-corrected chi connectivity index (χ2v) is 3.98. The van der Waals surface area contributed by atoms with E-state index in [1.165, 1.54) is 12.8 Å². The molecule has 0 aliphatic heterocycles. The van der Waals surface area contributed by atoms with E-state index in [0.29, 0.717) is 11.8 Å². The Kier molecular flexibility index (Phi) is 1.47. The fraction of sp³-hybridized carbons (Fsp3) is 0.818. The minimum absolute atomic E-state index is 0.293. The predicted molar refractivity (Wildman–Crippen MR) is 48.4 cm³/mol. The van der Waals surface area contributed by atoms with Gasteiger partial charge in [-0.1, -0.05) is 25.4 Å². The van der Waals surface area contributed by atoms with E-state index in [0.717, 1.165) is 18.8 Å². The van der Waals surface area contributed by atoms with Crippen LogP contribution in [-0.2, 0) is 0 Å². The van der Waals surface area contributed by atoms with Crippen molar-refractivity contribution in [3.05, 3.63) is 12.2 Å². The molecule has 2 bridgehead atoms. The highest BCUT2D eigenvalue weighted by molar-refractivity contribution is 4.99. The van der Waals surface area contributed by atoms with Crippen molar-refractivity contribution in [1.82, 2.24) is 0 Å². The molecule has 2 aliphatic carbocycles. The Morgan fingerprint density at radius 2 is 2.36 bits per heavy atom. The highest BCUT2D eigenvalue weighted by Gasteiger charge is 2.27. The van der Waals surface area contributed by atoms with E-state index in [9.17, 15) is 0 Å². The Morgan fingerprint density at radius 1 is 1.45 bits per heavy atom. The molecule has 0 heteroatoms. The molecule has 0 aromatic rings. The van der Waals surface area contributed by atoms with Crippen molar-refractivity contribution in [3.63, 3.8) is 0 Å². The molecule has 1 fully saturated rings. The number of hydrogen-bond acceptors (Lipinski definition) is 0. The lowest BCUT2D eigenvalue weighted by atomic mass is 9.70. The first-order valence-electron chi connectivity index (χ1n) is 5.72. The summed E-state index contributed by atoms with van der Waals surface area (Å²) in [5.74, 6) is 1.73. The van der Waals surface area contributed by atoms with Gasteiger partial charge in [0, 0.05) is 2.74 Å². The molecule has 11 heavy (non-hydrogen) atoms. The van der Waals surface area contributed by atoms with Gasteiger partial charge in [-0.2, -0.15) is 0 Å². The van der Waals surface area contributed by atoms with Crippen LogP contribution in [0, 0.1) is 17.8 Å². The number of hydrogen-bond donors (Lipinski definition) is 0. The van der Waals surface area contributed by atoms with Gasteiger partial charge in [-0.05, 0) is 43.4 Å². The van der Waals surface area contributed by atoms with Crippen LogP contribution >= 0.6 is 0 Å². The van der Waals surface area contributed by atoms with Crippen LogP contribution in [0.2, 0.25) is 0 Å². The second-order valence-electron chi connectivity index (χ2n) is 3.98. The van der Waals surface area contributed by atoms with E-state index in [-0.39, 0.29) is 0 Å². The molecule has 0 saturated heterocycles. The van der Waals surface area contributed by atoms with E-state index in [1.807, 2.05) is 0 Å². The molecule has 0 aromatic heterocycles. The Bertz CT molecular complexity index is 215. The normalized spacial score (nSPS) is 46.5. The minimum atomic E-state index is -0.970. The number of allylic oxidation sites excluding steroid dienone is 2. The van der Waals surface area contributed by atoms with Crippen molar-refractivity contribution in [1.29, 1.82) is 0 Å². The summed E-state index contributed by atoms with van der Waals surface area (Å²) in [6, 6.07) is 0. The molecular formula is C11H18. The highest BCUT2D eigenvalue weighted by Crippen LogP contribution is 2.40. The fourth-order valence-electron chi connectivity index (χ4n) is 2.53. The molecule has 1 saturated carbocycles. The average Bonchev–Trinajstić information content (AvgIpc) is 2.01. The zero-order chi connectivity index (χ0) is 9.47. The Morgan fingerprint density at radius 3 is 3.09 bits per heavy atom. The second kappa shape index (κ2) is 3.00. The van der Waals surface area contributed by atoms with Gasteiger partial charge >= 0.3 is 0 Å². The van der Waals surface area contributed by atoms with Crippen LogP contribution in [-0.4, -0.2) is 0 Å². The van der Waals surface area contributed by atoms with Gasteiger partial charge in [0.05, 0.1) is 0 Å². The largest absolute Gasteiger partial charge is 0.0880 e. The Labute approximate surface area is 72.5 Å². The topological polar surface area (TPSA) is 0 Å². The van der Waals surface area contributed by atoms with Crippen molar-refractivity contribution >= 4 is 0 Å². The lowest BCUT2D eigenvalue weighted by molar-refractivity contribution is 0.209. The Hall–Kier alpha value is -0.260.